The summed E-state index contributed by atoms with van der Waals surface area (Å²) in [4.78, 5) is 11.9. The standard InChI is InChI=1S/C16H14N2O/c17-12-14-8-4-5-9-15(14)18-11-10-16(19)13-6-2-1-3-7-13/h1-9,18H,10-11H2. The number of hydrogen-bond acceptors (Lipinski definition) is 3. The number of nitrogens with zero attached hydrogens (tertiary/aromatic N) is 1. The molecule has 0 atom stereocenters. The van der Waals surface area contributed by atoms with Crippen LogP contribution in [-0.2, 0) is 0 Å². The van der Waals surface area contributed by atoms with Gasteiger partial charge in [-0.1, -0.05) is 42.5 Å². The minimum atomic E-state index is 0.0996. The Morgan fingerprint density at radius 3 is 2.47 bits per heavy atom. The molecule has 0 fully saturated rings. The van der Waals surface area contributed by atoms with Crippen molar-refractivity contribution in [2.24, 2.45) is 0 Å². The van der Waals surface area contributed by atoms with E-state index in [2.05, 4.69) is 11.4 Å². The molecular formula is C16H14N2O. The maximum atomic E-state index is 11.9. The number of benzene rings is 2. The Morgan fingerprint density at radius 2 is 1.74 bits per heavy atom. The molecule has 3 heteroatoms. The lowest BCUT2D eigenvalue weighted by Crippen LogP contribution is -2.09. The molecule has 0 bridgehead atoms. The third-order valence-corrected chi connectivity index (χ3v) is 2.81. The van der Waals surface area contributed by atoms with Crippen molar-refractivity contribution in [3.8, 4) is 6.07 Å². The molecular weight excluding hydrogens is 236 g/mol. The molecule has 1 N–H and O–H groups in total. The van der Waals surface area contributed by atoms with Crippen molar-refractivity contribution >= 4 is 11.5 Å². The summed E-state index contributed by atoms with van der Waals surface area (Å²) in [5.74, 6) is 0.0996. The second kappa shape index (κ2) is 6.36. The molecule has 0 saturated heterocycles. The number of carbonyl (C=O) groups excluding carboxylic acids is 1. The van der Waals surface area contributed by atoms with Crippen LogP contribution < -0.4 is 5.32 Å². The Kier molecular flexibility index (Phi) is 4.30. The van der Waals surface area contributed by atoms with E-state index in [1.165, 1.54) is 0 Å². The van der Waals surface area contributed by atoms with Gasteiger partial charge >= 0.3 is 0 Å². The molecule has 0 aromatic heterocycles. The van der Waals surface area contributed by atoms with Crippen molar-refractivity contribution in [3.05, 3.63) is 65.7 Å². The van der Waals surface area contributed by atoms with Crippen LogP contribution in [0, 0.1) is 11.3 Å². The van der Waals surface area contributed by atoms with Crippen LogP contribution in [-0.4, -0.2) is 12.3 Å². The summed E-state index contributed by atoms with van der Waals surface area (Å²) >= 11 is 0. The predicted octanol–water partition coefficient (Wildman–Crippen LogP) is 3.24. The van der Waals surface area contributed by atoms with Crippen LogP contribution >= 0.6 is 0 Å². The molecule has 2 aromatic carbocycles. The third-order valence-electron chi connectivity index (χ3n) is 2.81. The van der Waals surface area contributed by atoms with Gasteiger partial charge in [-0.15, -0.1) is 0 Å². The molecule has 3 nitrogen and oxygen atoms in total. The predicted molar refractivity (Wildman–Crippen MR) is 75.0 cm³/mol. The fourth-order valence-electron chi connectivity index (χ4n) is 1.81. The van der Waals surface area contributed by atoms with Gasteiger partial charge in [-0.3, -0.25) is 4.79 Å². The van der Waals surface area contributed by atoms with Crippen LogP contribution in [0.15, 0.2) is 54.6 Å². The van der Waals surface area contributed by atoms with E-state index in [1.54, 1.807) is 6.07 Å². The highest BCUT2D eigenvalue weighted by atomic mass is 16.1. The van der Waals surface area contributed by atoms with Crippen molar-refractivity contribution in [2.75, 3.05) is 11.9 Å². The highest BCUT2D eigenvalue weighted by Crippen LogP contribution is 2.13. The van der Waals surface area contributed by atoms with Crippen LogP contribution in [0.1, 0.15) is 22.3 Å². The van der Waals surface area contributed by atoms with E-state index in [0.717, 1.165) is 11.3 Å². The summed E-state index contributed by atoms with van der Waals surface area (Å²) in [6.45, 7) is 0.520. The molecule has 0 saturated carbocycles. The molecule has 0 aliphatic carbocycles. The van der Waals surface area contributed by atoms with E-state index in [9.17, 15) is 4.79 Å². The summed E-state index contributed by atoms with van der Waals surface area (Å²) in [6, 6.07) is 18.6. The Hall–Kier alpha value is -2.60. The molecule has 2 rings (SSSR count). The molecule has 19 heavy (non-hydrogen) atoms. The van der Waals surface area contributed by atoms with Gasteiger partial charge in [-0.25, -0.2) is 0 Å². The molecule has 0 aliphatic heterocycles. The molecule has 0 radical (unpaired) electrons. The second-order valence-corrected chi connectivity index (χ2v) is 4.12. The number of para-hydroxylation sites is 1. The number of Topliss-reactive ketones (excluding diaryl/α,β-unsaturated/α-hetero) is 1. The number of rotatable bonds is 5. The molecule has 0 aliphatic rings. The maximum Gasteiger partial charge on any atom is 0.164 e. The van der Waals surface area contributed by atoms with Gasteiger partial charge < -0.3 is 5.32 Å². The smallest absolute Gasteiger partial charge is 0.164 e. The van der Waals surface area contributed by atoms with E-state index in [0.29, 0.717) is 18.5 Å². The number of nitriles is 1. The summed E-state index contributed by atoms with van der Waals surface area (Å²) in [7, 11) is 0. The lowest BCUT2D eigenvalue weighted by molar-refractivity contribution is 0.0986. The van der Waals surface area contributed by atoms with Crippen molar-refractivity contribution in [1.82, 2.24) is 0 Å². The summed E-state index contributed by atoms with van der Waals surface area (Å²) in [6.07, 6.45) is 0.407. The molecule has 0 unspecified atom stereocenters. The van der Waals surface area contributed by atoms with Crippen molar-refractivity contribution in [1.29, 1.82) is 5.26 Å². The van der Waals surface area contributed by atoms with E-state index < -0.39 is 0 Å². The topological polar surface area (TPSA) is 52.9 Å². The van der Waals surface area contributed by atoms with Gasteiger partial charge in [-0.2, -0.15) is 5.26 Å². The lowest BCUT2D eigenvalue weighted by Gasteiger charge is -2.07. The lowest BCUT2D eigenvalue weighted by atomic mass is 10.1. The monoisotopic (exact) mass is 250 g/mol. The third kappa shape index (κ3) is 3.43. The van der Waals surface area contributed by atoms with Gasteiger partial charge in [0.1, 0.15) is 6.07 Å². The van der Waals surface area contributed by atoms with E-state index in [1.807, 2.05) is 48.5 Å². The first-order valence-corrected chi connectivity index (χ1v) is 6.12. The van der Waals surface area contributed by atoms with Crippen LogP contribution in [0.4, 0.5) is 5.69 Å². The first-order chi connectivity index (χ1) is 9.31. The van der Waals surface area contributed by atoms with Gasteiger partial charge in [0.15, 0.2) is 5.78 Å². The van der Waals surface area contributed by atoms with Crippen molar-refractivity contribution in [2.45, 2.75) is 6.42 Å². The molecule has 0 spiro atoms. The average Bonchev–Trinajstić information content (AvgIpc) is 2.48. The van der Waals surface area contributed by atoms with Gasteiger partial charge in [0, 0.05) is 18.5 Å². The minimum absolute atomic E-state index is 0.0996. The number of anilines is 1. The Bertz CT molecular complexity index is 600. The SMILES string of the molecule is N#Cc1ccccc1NCCC(=O)c1ccccc1. The molecule has 0 amide bonds. The maximum absolute atomic E-state index is 11.9. The zero-order valence-corrected chi connectivity index (χ0v) is 10.5. The first-order valence-electron chi connectivity index (χ1n) is 6.12. The highest BCUT2D eigenvalue weighted by molar-refractivity contribution is 5.96. The van der Waals surface area contributed by atoms with E-state index >= 15 is 0 Å². The van der Waals surface area contributed by atoms with Crippen molar-refractivity contribution < 1.29 is 4.79 Å². The minimum Gasteiger partial charge on any atom is -0.384 e. The largest absolute Gasteiger partial charge is 0.384 e. The quantitative estimate of drug-likeness (QED) is 0.829. The van der Waals surface area contributed by atoms with Gasteiger partial charge in [0.2, 0.25) is 0 Å². The summed E-state index contributed by atoms with van der Waals surface area (Å²) < 4.78 is 0. The number of ketones is 1. The Morgan fingerprint density at radius 1 is 1.05 bits per heavy atom. The summed E-state index contributed by atoms with van der Waals surface area (Å²) in [5, 5.41) is 12.1. The van der Waals surface area contributed by atoms with E-state index in [4.69, 9.17) is 5.26 Å². The number of nitrogens with one attached hydrogen (secondary N) is 1. The van der Waals surface area contributed by atoms with Crippen LogP contribution in [0.2, 0.25) is 0 Å². The van der Waals surface area contributed by atoms with Crippen LogP contribution in [0.3, 0.4) is 0 Å². The first kappa shape index (κ1) is 12.8. The average molecular weight is 250 g/mol. The fourth-order valence-corrected chi connectivity index (χ4v) is 1.81. The van der Waals surface area contributed by atoms with Crippen molar-refractivity contribution in [3.63, 3.8) is 0 Å². The number of carbonyl (C=O) groups is 1. The van der Waals surface area contributed by atoms with Gasteiger partial charge in [-0.05, 0) is 12.1 Å². The molecule has 2 aromatic rings. The second-order valence-electron chi connectivity index (χ2n) is 4.12. The highest BCUT2D eigenvalue weighted by Gasteiger charge is 2.05. The Labute approximate surface area is 112 Å². The summed E-state index contributed by atoms with van der Waals surface area (Å²) in [5.41, 5.74) is 2.08. The normalized spacial score (nSPS) is 9.63. The molecule has 0 heterocycles. The fraction of sp³-hybridized carbons (Fsp3) is 0.125. The zero-order valence-electron chi connectivity index (χ0n) is 10.5. The van der Waals surface area contributed by atoms with Crippen LogP contribution in [0.5, 0.6) is 0 Å². The number of hydrogen-bond donors (Lipinski definition) is 1. The van der Waals surface area contributed by atoms with Gasteiger partial charge in [0.05, 0.1) is 11.3 Å². The Balaban J connectivity index is 1.91. The van der Waals surface area contributed by atoms with Gasteiger partial charge in [0.25, 0.3) is 0 Å². The zero-order chi connectivity index (χ0) is 13.5. The van der Waals surface area contributed by atoms with Crippen LogP contribution in [0.25, 0.3) is 0 Å². The van der Waals surface area contributed by atoms with E-state index in [-0.39, 0.29) is 5.78 Å². The molecule has 94 valence electrons.